The molecule has 0 fully saturated rings. The molecule has 0 saturated heterocycles. The summed E-state index contributed by atoms with van der Waals surface area (Å²) >= 11 is 5.92. The fourth-order valence-corrected chi connectivity index (χ4v) is 3.30. The highest BCUT2D eigenvalue weighted by molar-refractivity contribution is 7.15. The number of hydrogen-bond donors (Lipinski definition) is 1. The highest BCUT2D eigenvalue weighted by Gasteiger charge is 2.35. The van der Waals surface area contributed by atoms with Crippen LogP contribution in [0, 0.1) is 0 Å². The molecule has 0 radical (unpaired) electrons. The first kappa shape index (κ1) is 20.1. The summed E-state index contributed by atoms with van der Waals surface area (Å²) in [5.74, 6) is 0. The van der Waals surface area contributed by atoms with Crippen molar-refractivity contribution in [1.29, 1.82) is 0 Å². The maximum absolute atomic E-state index is 13.0. The number of benzene rings is 1. The van der Waals surface area contributed by atoms with E-state index in [0.717, 1.165) is 29.5 Å². The molecule has 5 nitrogen and oxygen atoms in total. The number of nitrogens with two attached hydrogens (primary N) is 1. The number of aromatic nitrogens is 2. The molecule has 30 heavy (non-hydrogen) atoms. The number of alkyl halides is 3. The van der Waals surface area contributed by atoms with E-state index in [-0.39, 0.29) is 5.69 Å². The zero-order valence-corrected chi connectivity index (χ0v) is 16.4. The molecule has 3 aromatic rings. The lowest BCUT2D eigenvalue weighted by atomic mass is 9.43. The number of nitrogens with zero attached hydrogens (tertiary/aromatic N) is 4. The molecule has 1 aliphatic rings. The zero-order chi connectivity index (χ0) is 21.5. The molecular formula is C20H14BClF3N5. The summed E-state index contributed by atoms with van der Waals surface area (Å²) in [6.45, 7) is 1.36. The summed E-state index contributed by atoms with van der Waals surface area (Å²) in [5, 5.41) is 8.82. The predicted octanol–water partition coefficient (Wildman–Crippen LogP) is 4.81. The van der Waals surface area contributed by atoms with E-state index >= 15 is 0 Å². The van der Waals surface area contributed by atoms with Crippen molar-refractivity contribution >= 4 is 35.2 Å². The maximum Gasteiger partial charge on any atom is 0.416 e. The molecule has 0 saturated carbocycles. The van der Waals surface area contributed by atoms with Crippen LogP contribution in [0.5, 0.6) is 0 Å². The minimum Gasteiger partial charge on any atom is -0.397 e. The lowest BCUT2D eigenvalue weighted by Gasteiger charge is -2.12. The second-order valence-electron chi connectivity index (χ2n) is 6.79. The average Bonchev–Trinajstić information content (AvgIpc) is 3.09. The predicted molar refractivity (Wildman–Crippen MR) is 113 cm³/mol. The molecule has 0 bridgehead atoms. The first-order valence-corrected chi connectivity index (χ1v) is 9.32. The summed E-state index contributed by atoms with van der Waals surface area (Å²) < 4.78 is 39.0. The Hall–Kier alpha value is -3.20. The van der Waals surface area contributed by atoms with Crippen LogP contribution in [0.1, 0.15) is 17.0 Å². The second-order valence-corrected chi connectivity index (χ2v) is 7.22. The SMILES string of the molecule is CB1C(c2cc(C(F)(F)F)ccn2)=NN=C1c1ncc(-c2ccc(Cl)cc2)cc1N. The molecule has 2 N–H and O–H groups in total. The highest BCUT2D eigenvalue weighted by atomic mass is 35.5. The van der Waals surface area contributed by atoms with Crippen molar-refractivity contribution in [2.75, 3.05) is 5.73 Å². The number of pyridine rings is 2. The van der Waals surface area contributed by atoms with Gasteiger partial charge in [-0.15, -0.1) is 0 Å². The highest BCUT2D eigenvalue weighted by Crippen LogP contribution is 2.30. The van der Waals surface area contributed by atoms with Crippen molar-refractivity contribution in [1.82, 2.24) is 9.97 Å². The van der Waals surface area contributed by atoms with E-state index in [1.54, 1.807) is 31.2 Å². The summed E-state index contributed by atoms with van der Waals surface area (Å²) in [6, 6.07) is 10.9. The quantitative estimate of drug-likeness (QED) is 0.610. The number of hydrogen-bond acceptors (Lipinski definition) is 5. The first-order chi connectivity index (χ1) is 14.2. The van der Waals surface area contributed by atoms with Crippen LogP contribution < -0.4 is 5.73 Å². The molecule has 1 aliphatic heterocycles. The monoisotopic (exact) mass is 427 g/mol. The summed E-state index contributed by atoms with van der Waals surface area (Å²) in [7, 11) is 0. The van der Waals surface area contributed by atoms with Gasteiger partial charge in [-0.05, 0) is 35.9 Å². The smallest absolute Gasteiger partial charge is 0.397 e. The second kappa shape index (κ2) is 7.57. The molecule has 4 rings (SSSR count). The van der Waals surface area contributed by atoms with Crippen molar-refractivity contribution in [3.8, 4) is 11.1 Å². The van der Waals surface area contributed by atoms with Gasteiger partial charge in [-0.2, -0.15) is 23.4 Å². The van der Waals surface area contributed by atoms with Crippen LogP contribution in [0.2, 0.25) is 11.8 Å². The Kier molecular flexibility index (Phi) is 5.07. The summed E-state index contributed by atoms with van der Waals surface area (Å²) in [5.41, 5.74) is 8.88. The van der Waals surface area contributed by atoms with Crippen LogP contribution in [-0.4, -0.2) is 27.9 Å². The Bertz CT molecular complexity index is 1180. The fourth-order valence-electron chi connectivity index (χ4n) is 3.18. The van der Waals surface area contributed by atoms with Crippen molar-refractivity contribution in [2.24, 2.45) is 10.2 Å². The third-order valence-electron chi connectivity index (χ3n) is 4.77. The van der Waals surface area contributed by atoms with Crippen LogP contribution in [-0.2, 0) is 6.18 Å². The number of anilines is 1. The molecule has 0 aliphatic carbocycles. The van der Waals surface area contributed by atoms with Crippen molar-refractivity contribution in [3.63, 3.8) is 0 Å². The Morgan fingerprint density at radius 3 is 2.30 bits per heavy atom. The average molecular weight is 428 g/mol. The largest absolute Gasteiger partial charge is 0.416 e. The molecular weight excluding hydrogens is 414 g/mol. The van der Waals surface area contributed by atoms with Crippen LogP contribution >= 0.6 is 11.6 Å². The summed E-state index contributed by atoms with van der Waals surface area (Å²) in [4.78, 5) is 8.46. The van der Waals surface area contributed by atoms with Gasteiger partial charge < -0.3 is 5.73 Å². The van der Waals surface area contributed by atoms with Gasteiger partial charge in [0.1, 0.15) is 5.69 Å². The van der Waals surface area contributed by atoms with E-state index in [1.807, 2.05) is 12.1 Å². The van der Waals surface area contributed by atoms with Gasteiger partial charge in [0, 0.05) is 23.0 Å². The minimum absolute atomic E-state index is 0.118. The molecule has 0 spiro atoms. The molecule has 10 heteroatoms. The van der Waals surface area contributed by atoms with E-state index in [2.05, 4.69) is 20.2 Å². The van der Waals surface area contributed by atoms with Gasteiger partial charge in [0.05, 0.1) is 28.2 Å². The first-order valence-electron chi connectivity index (χ1n) is 8.95. The third-order valence-corrected chi connectivity index (χ3v) is 5.02. The van der Waals surface area contributed by atoms with Crippen molar-refractivity contribution in [2.45, 2.75) is 13.0 Å². The van der Waals surface area contributed by atoms with Gasteiger partial charge in [-0.25, -0.2) is 0 Å². The lowest BCUT2D eigenvalue weighted by molar-refractivity contribution is -0.137. The van der Waals surface area contributed by atoms with Gasteiger partial charge in [-0.1, -0.05) is 30.6 Å². The third kappa shape index (κ3) is 3.80. The van der Waals surface area contributed by atoms with Gasteiger partial charge in [0.25, 0.3) is 6.71 Å². The molecule has 0 atom stereocenters. The van der Waals surface area contributed by atoms with E-state index in [4.69, 9.17) is 17.3 Å². The summed E-state index contributed by atoms with van der Waals surface area (Å²) in [6.07, 6.45) is -1.70. The minimum atomic E-state index is -4.47. The van der Waals surface area contributed by atoms with Crippen molar-refractivity contribution < 1.29 is 13.2 Å². The fraction of sp³-hybridized carbons (Fsp3) is 0.100. The Morgan fingerprint density at radius 2 is 1.63 bits per heavy atom. The Balaban J connectivity index is 1.61. The van der Waals surface area contributed by atoms with Crippen molar-refractivity contribution in [3.05, 3.63) is 76.8 Å². The lowest BCUT2D eigenvalue weighted by Crippen LogP contribution is -2.32. The standard InChI is InChI=1S/C20H14BClF3N5/c1-21-18(16-9-13(6-7-27-16)20(23,24)25)29-30-19(21)17-15(26)8-12(10-28-17)11-2-4-14(22)5-3-11/h2-10H,26H2,1H3. The van der Waals surface area contributed by atoms with Crippen LogP contribution in [0.15, 0.2) is 65.1 Å². The van der Waals surface area contributed by atoms with Gasteiger partial charge in [0.2, 0.25) is 0 Å². The molecule has 3 heterocycles. The maximum atomic E-state index is 13.0. The van der Waals surface area contributed by atoms with Gasteiger partial charge in [-0.3, -0.25) is 9.97 Å². The van der Waals surface area contributed by atoms with E-state index in [0.29, 0.717) is 27.6 Å². The van der Waals surface area contributed by atoms with Gasteiger partial charge >= 0.3 is 6.18 Å². The Morgan fingerprint density at radius 1 is 0.933 bits per heavy atom. The van der Waals surface area contributed by atoms with E-state index < -0.39 is 18.5 Å². The molecule has 0 amide bonds. The van der Waals surface area contributed by atoms with E-state index in [1.165, 1.54) is 0 Å². The normalized spacial score (nSPS) is 14.0. The molecule has 150 valence electrons. The van der Waals surface area contributed by atoms with Crippen LogP contribution in [0.25, 0.3) is 11.1 Å². The number of rotatable bonds is 3. The molecule has 0 unspecified atom stereocenters. The van der Waals surface area contributed by atoms with E-state index in [9.17, 15) is 13.2 Å². The zero-order valence-electron chi connectivity index (χ0n) is 15.7. The van der Waals surface area contributed by atoms with Crippen LogP contribution in [0.3, 0.4) is 0 Å². The Labute approximate surface area is 175 Å². The number of halogens is 4. The topological polar surface area (TPSA) is 76.5 Å². The number of nitrogen functional groups attached to an aromatic ring is 1. The molecule has 1 aromatic carbocycles. The van der Waals surface area contributed by atoms with Crippen LogP contribution in [0.4, 0.5) is 18.9 Å². The van der Waals surface area contributed by atoms with Gasteiger partial charge in [0.15, 0.2) is 0 Å². The molecule has 2 aromatic heterocycles.